The van der Waals surface area contributed by atoms with Gasteiger partial charge in [0.15, 0.2) is 0 Å². The summed E-state index contributed by atoms with van der Waals surface area (Å²) in [6, 6.07) is 5.83. The van der Waals surface area contributed by atoms with Gasteiger partial charge >= 0.3 is 0 Å². The molecular weight excluding hydrogens is 220 g/mol. The molecule has 0 heterocycles. The summed E-state index contributed by atoms with van der Waals surface area (Å²) < 4.78 is 0. The van der Waals surface area contributed by atoms with Gasteiger partial charge in [0.1, 0.15) is 0 Å². The van der Waals surface area contributed by atoms with E-state index in [1.807, 2.05) is 18.2 Å². The molecule has 16 heavy (non-hydrogen) atoms. The highest BCUT2D eigenvalue weighted by Gasteiger charge is 2.30. The highest BCUT2D eigenvalue weighted by Crippen LogP contribution is 2.39. The van der Waals surface area contributed by atoms with Crippen molar-refractivity contribution in [2.45, 2.75) is 32.7 Å². The van der Waals surface area contributed by atoms with Crippen LogP contribution in [0.1, 0.15) is 31.7 Å². The normalized spacial score (nSPS) is 18.1. The Hall–Kier alpha value is -0.730. The van der Waals surface area contributed by atoms with Crippen molar-refractivity contribution in [2.75, 3.05) is 12.3 Å². The number of anilines is 1. The molecule has 0 amide bonds. The lowest BCUT2D eigenvalue weighted by Gasteiger charge is -2.38. The summed E-state index contributed by atoms with van der Waals surface area (Å²) in [5.41, 5.74) is 8.14. The predicted molar refractivity (Wildman–Crippen MR) is 69.5 cm³/mol. The molecule has 3 heteroatoms. The van der Waals surface area contributed by atoms with Crippen LogP contribution in [0.4, 0.5) is 5.69 Å². The zero-order valence-electron chi connectivity index (χ0n) is 9.72. The molecule has 1 fully saturated rings. The molecule has 0 aliphatic heterocycles. The van der Waals surface area contributed by atoms with Crippen molar-refractivity contribution in [3.05, 3.63) is 28.8 Å². The molecular formula is C13H19ClN2. The molecule has 0 radical (unpaired) electrons. The Kier molecular flexibility index (Phi) is 3.41. The maximum Gasteiger partial charge on any atom is 0.0635 e. The zero-order chi connectivity index (χ0) is 11.6. The summed E-state index contributed by atoms with van der Waals surface area (Å²) >= 11 is 5.87. The molecule has 1 saturated carbocycles. The van der Waals surface area contributed by atoms with Crippen LogP contribution in [0.15, 0.2) is 18.2 Å². The van der Waals surface area contributed by atoms with E-state index in [2.05, 4.69) is 12.2 Å². The molecule has 0 atom stereocenters. The number of halogens is 1. The van der Waals surface area contributed by atoms with E-state index in [1.54, 1.807) is 0 Å². The topological polar surface area (TPSA) is 38.0 Å². The third-order valence-electron chi connectivity index (χ3n) is 3.50. The van der Waals surface area contributed by atoms with Gasteiger partial charge in [-0.25, -0.2) is 0 Å². The standard InChI is InChI=1S/C13H19ClN2/c1-13(5-2-6-13)9-16-8-10-3-4-11(14)12(15)7-10/h3-4,7,16H,2,5-6,8-9,15H2,1H3. The highest BCUT2D eigenvalue weighted by atomic mass is 35.5. The van der Waals surface area contributed by atoms with Gasteiger partial charge in [-0.3, -0.25) is 0 Å². The van der Waals surface area contributed by atoms with E-state index in [0.29, 0.717) is 16.1 Å². The lowest BCUT2D eigenvalue weighted by atomic mass is 9.70. The second-order valence-corrected chi connectivity index (χ2v) is 5.53. The van der Waals surface area contributed by atoms with Gasteiger partial charge in [0.05, 0.1) is 10.7 Å². The largest absolute Gasteiger partial charge is 0.398 e. The lowest BCUT2D eigenvalue weighted by molar-refractivity contribution is 0.156. The van der Waals surface area contributed by atoms with Crippen LogP contribution >= 0.6 is 11.6 Å². The van der Waals surface area contributed by atoms with Gasteiger partial charge < -0.3 is 11.1 Å². The van der Waals surface area contributed by atoms with Gasteiger partial charge in [-0.2, -0.15) is 0 Å². The van der Waals surface area contributed by atoms with Crippen molar-refractivity contribution < 1.29 is 0 Å². The molecule has 0 bridgehead atoms. The Labute approximate surface area is 102 Å². The van der Waals surface area contributed by atoms with E-state index >= 15 is 0 Å². The number of hydrogen-bond acceptors (Lipinski definition) is 2. The molecule has 88 valence electrons. The fourth-order valence-corrected chi connectivity index (χ4v) is 2.29. The third-order valence-corrected chi connectivity index (χ3v) is 3.85. The summed E-state index contributed by atoms with van der Waals surface area (Å²) in [5.74, 6) is 0. The maximum absolute atomic E-state index is 5.87. The van der Waals surface area contributed by atoms with Crippen LogP contribution in [0.2, 0.25) is 5.02 Å². The first-order valence-corrected chi connectivity index (χ1v) is 6.21. The Morgan fingerprint density at radius 2 is 2.19 bits per heavy atom. The predicted octanol–water partition coefficient (Wildman–Crippen LogP) is 3.20. The van der Waals surface area contributed by atoms with E-state index in [1.165, 1.54) is 24.8 Å². The highest BCUT2D eigenvalue weighted by molar-refractivity contribution is 6.33. The van der Waals surface area contributed by atoms with Crippen molar-refractivity contribution in [3.63, 3.8) is 0 Å². The molecule has 0 unspecified atom stereocenters. The van der Waals surface area contributed by atoms with E-state index in [4.69, 9.17) is 17.3 Å². The van der Waals surface area contributed by atoms with E-state index in [9.17, 15) is 0 Å². The quantitative estimate of drug-likeness (QED) is 0.791. The van der Waals surface area contributed by atoms with Crippen LogP contribution in [0, 0.1) is 5.41 Å². The fraction of sp³-hybridized carbons (Fsp3) is 0.538. The molecule has 0 spiro atoms. The molecule has 1 aromatic carbocycles. The average molecular weight is 239 g/mol. The average Bonchev–Trinajstić information content (AvgIpc) is 2.21. The first-order valence-electron chi connectivity index (χ1n) is 5.84. The number of rotatable bonds is 4. The van der Waals surface area contributed by atoms with E-state index in [-0.39, 0.29) is 0 Å². The SMILES string of the molecule is CC1(CNCc2ccc(Cl)c(N)c2)CCC1. The third kappa shape index (κ3) is 2.69. The first kappa shape index (κ1) is 11.7. The van der Waals surface area contributed by atoms with Crippen LogP contribution < -0.4 is 11.1 Å². The first-order chi connectivity index (χ1) is 7.59. The summed E-state index contributed by atoms with van der Waals surface area (Å²) in [7, 11) is 0. The fourth-order valence-electron chi connectivity index (χ4n) is 2.17. The zero-order valence-corrected chi connectivity index (χ0v) is 10.5. The Bertz CT molecular complexity index is 372. The number of hydrogen-bond donors (Lipinski definition) is 2. The van der Waals surface area contributed by atoms with Crippen LogP contribution in [-0.4, -0.2) is 6.54 Å². The van der Waals surface area contributed by atoms with Crippen molar-refractivity contribution in [2.24, 2.45) is 5.41 Å². The minimum atomic E-state index is 0.526. The minimum absolute atomic E-state index is 0.526. The second kappa shape index (κ2) is 4.64. The molecule has 3 N–H and O–H groups in total. The van der Waals surface area contributed by atoms with Gasteiger partial charge in [-0.1, -0.05) is 31.0 Å². The van der Waals surface area contributed by atoms with Gasteiger partial charge in [-0.05, 0) is 36.0 Å². The molecule has 1 aliphatic rings. The number of nitrogens with two attached hydrogens (primary N) is 1. The van der Waals surface area contributed by atoms with Crippen LogP contribution in [-0.2, 0) is 6.54 Å². The van der Waals surface area contributed by atoms with Gasteiger partial charge in [0, 0.05) is 13.1 Å². The van der Waals surface area contributed by atoms with Crippen LogP contribution in [0.5, 0.6) is 0 Å². The van der Waals surface area contributed by atoms with Crippen molar-refractivity contribution in [3.8, 4) is 0 Å². The Morgan fingerprint density at radius 1 is 1.44 bits per heavy atom. The monoisotopic (exact) mass is 238 g/mol. The van der Waals surface area contributed by atoms with E-state index < -0.39 is 0 Å². The maximum atomic E-state index is 5.87. The molecule has 2 rings (SSSR count). The summed E-state index contributed by atoms with van der Waals surface area (Å²) in [4.78, 5) is 0. The van der Waals surface area contributed by atoms with Gasteiger partial charge in [-0.15, -0.1) is 0 Å². The smallest absolute Gasteiger partial charge is 0.0635 e. The lowest BCUT2D eigenvalue weighted by Crippen LogP contribution is -2.36. The molecule has 1 aliphatic carbocycles. The van der Waals surface area contributed by atoms with Crippen molar-refractivity contribution in [1.82, 2.24) is 5.32 Å². The molecule has 0 saturated heterocycles. The minimum Gasteiger partial charge on any atom is -0.398 e. The van der Waals surface area contributed by atoms with Crippen molar-refractivity contribution in [1.29, 1.82) is 0 Å². The molecule has 1 aromatic rings. The number of benzene rings is 1. The summed E-state index contributed by atoms with van der Waals surface area (Å²) in [6.45, 7) is 4.31. The molecule has 0 aromatic heterocycles. The summed E-state index contributed by atoms with van der Waals surface area (Å²) in [5, 5.41) is 4.13. The van der Waals surface area contributed by atoms with Crippen LogP contribution in [0.3, 0.4) is 0 Å². The van der Waals surface area contributed by atoms with Gasteiger partial charge in [0.2, 0.25) is 0 Å². The van der Waals surface area contributed by atoms with Gasteiger partial charge in [0.25, 0.3) is 0 Å². The Morgan fingerprint density at radius 3 is 2.75 bits per heavy atom. The number of nitrogen functional groups attached to an aromatic ring is 1. The molecule has 2 nitrogen and oxygen atoms in total. The Balaban J connectivity index is 1.83. The van der Waals surface area contributed by atoms with E-state index in [0.717, 1.165) is 13.1 Å². The van der Waals surface area contributed by atoms with Crippen molar-refractivity contribution >= 4 is 17.3 Å². The van der Waals surface area contributed by atoms with Crippen LogP contribution in [0.25, 0.3) is 0 Å². The summed E-state index contributed by atoms with van der Waals surface area (Å²) in [6.07, 6.45) is 4.08. The second-order valence-electron chi connectivity index (χ2n) is 5.12. The number of nitrogens with one attached hydrogen (secondary N) is 1.